The summed E-state index contributed by atoms with van der Waals surface area (Å²) >= 11 is 0. The topological polar surface area (TPSA) is 105 Å². The van der Waals surface area contributed by atoms with Gasteiger partial charge in [0.1, 0.15) is 5.70 Å². The number of benzene rings is 1. The van der Waals surface area contributed by atoms with Gasteiger partial charge in [0, 0.05) is 35.8 Å². The van der Waals surface area contributed by atoms with Gasteiger partial charge in [-0.2, -0.15) is 10.2 Å². The second-order valence-corrected chi connectivity index (χ2v) is 6.85. The highest BCUT2D eigenvalue weighted by atomic mass is 16.3. The van der Waals surface area contributed by atoms with Crippen LogP contribution in [0.5, 0.6) is 0 Å². The van der Waals surface area contributed by atoms with Gasteiger partial charge in [-0.05, 0) is 44.2 Å². The smallest absolute Gasteiger partial charge is 0.277 e. The zero-order valence-electron chi connectivity index (χ0n) is 16.7. The molecule has 0 bridgehead atoms. The van der Waals surface area contributed by atoms with Crippen LogP contribution in [-0.4, -0.2) is 54.5 Å². The largest absolute Gasteiger partial charge is 0.395 e. The fourth-order valence-corrected chi connectivity index (χ4v) is 3.39. The standard InChI is InChI=1S/C21H22N6O3/c1-3-26-14(2)17(13-22-26)18-8-9-27(24-18)16-6-4-15(5-7-16)23-19-12-20(29)25(10-11-28)21(19)30/h4-9,12-13,23,28H,3,10-11H2,1-2H3. The number of carbonyl (C=O) groups excluding carboxylic acids is 2. The lowest BCUT2D eigenvalue weighted by Crippen LogP contribution is -2.34. The number of aliphatic hydroxyl groups excluding tert-OH is 1. The third-order valence-corrected chi connectivity index (χ3v) is 5.01. The Hall–Kier alpha value is -3.72. The van der Waals surface area contributed by atoms with Crippen LogP contribution < -0.4 is 5.32 Å². The average molecular weight is 406 g/mol. The van der Waals surface area contributed by atoms with E-state index in [2.05, 4.69) is 15.5 Å². The fourth-order valence-electron chi connectivity index (χ4n) is 3.39. The van der Waals surface area contributed by atoms with Crippen molar-refractivity contribution in [3.63, 3.8) is 0 Å². The molecule has 0 spiro atoms. The maximum absolute atomic E-state index is 12.2. The molecule has 1 aromatic carbocycles. The Morgan fingerprint density at radius 1 is 1.13 bits per heavy atom. The molecule has 2 amide bonds. The van der Waals surface area contributed by atoms with E-state index in [4.69, 9.17) is 5.11 Å². The van der Waals surface area contributed by atoms with Crippen molar-refractivity contribution in [3.8, 4) is 16.9 Å². The number of hydrogen-bond acceptors (Lipinski definition) is 6. The molecule has 0 atom stereocenters. The summed E-state index contributed by atoms with van der Waals surface area (Å²) in [6.07, 6.45) is 4.95. The first-order chi connectivity index (χ1) is 14.5. The molecule has 0 aliphatic carbocycles. The van der Waals surface area contributed by atoms with Gasteiger partial charge < -0.3 is 10.4 Å². The van der Waals surface area contributed by atoms with Gasteiger partial charge in [-0.1, -0.05) is 0 Å². The molecule has 2 N–H and O–H groups in total. The van der Waals surface area contributed by atoms with Gasteiger partial charge in [-0.25, -0.2) is 4.68 Å². The summed E-state index contributed by atoms with van der Waals surface area (Å²) in [6.45, 7) is 4.60. The van der Waals surface area contributed by atoms with Crippen molar-refractivity contribution in [3.05, 3.63) is 60.2 Å². The molecule has 3 aromatic rings. The van der Waals surface area contributed by atoms with E-state index in [1.165, 1.54) is 6.08 Å². The highest BCUT2D eigenvalue weighted by molar-refractivity contribution is 6.17. The monoisotopic (exact) mass is 406 g/mol. The highest BCUT2D eigenvalue weighted by Crippen LogP contribution is 2.23. The van der Waals surface area contributed by atoms with Crippen molar-refractivity contribution >= 4 is 17.5 Å². The summed E-state index contributed by atoms with van der Waals surface area (Å²) in [5, 5.41) is 21.0. The molecule has 2 aromatic heterocycles. The van der Waals surface area contributed by atoms with Crippen LogP contribution in [0.15, 0.2) is 54.5 Å². The predicted molar refractivity (Wildman–Crippen MR) is 111 cm³/mol. The average Bonchev–Trinajstić information content (AvgIpc) is 3.43. The van der Waals surface area contributed by atoms with Gasteiger partial charge in [-0.15, -0.1) is 0 Å². The maximum Gasteiger partial charge on any atom is 0.277 e. The van der Waals surface area contributed by atoms with E-state index >= 15 is 0 Å². The van der Waals surface area contributed by atoms with Crippen molar-refractivity contribution in [2.45, 2.75) is 20.4 Å². The molecule has 30 heavy (non-hydrogen) atoms. The number of aliphatic hydroxyl groups is 1. The molecule has 3 heterocycles. The second-order valence-electron chi connectivity index (χ2n) is 6.85. The first-order valence-corrected chi connectivity index (χ1v) is 9.66. The number of hydrogen-bond donors (Lipinski definition) is 2. The Morgan fingerprint density at radius 3 is 2.57 bits per heavy atom. The molecule has 0 saturated heterocycles. The zero-order valence-corrected chi connectivity index (χ0v) is 16.7. The quantitative estimate of drug-likeness (QED) is 0.579. The summed E-state index contributed by atoms with van der Waals surface area (Å²) in [5.41, 5.74) is 4.63. The lowest BCUT2D eigenvalue weighted by molar-refractivity contribution is -0.137. The number of nitrogens with zero attached hydrogens (tertiary/aromatic N) is 5. The molecule has 4 rings (SSSR count). The van der Waals surface area contributed by atoms with Gasteiger partial charge >= 0.3 is 0 Å². The predicted octanol–water partition coefficient (Wildman–Crippen LogP) is 1.72. The number of rotatable bonds is 7. The van der Waals surface area contributed by atoms with E-state index in [9.17, 15) is 9.59 Å². The fraction of sp³-hybridized carbons (Fsp3) is 0.238. The molecule has 0 radical (unpaired) electrons. The molecule has 1 aliphatic heterocycles. The molecule has 9 heteroatoms. The van der Waals surface area contributed by atoms with Crippen LogP contribution in [0.25, 0.3) is 16.9 Å². The number of carbonyl (C=O) groups is 2. The van der Waals surface area contributed by atoms with E-state index in [1.807, 2.05) is 61.3 Å². The van der Waals surface area contributed by atoms with Crippen molar-refractivity contribution in [2.24, 2.45) is 0 Å². The Labute approximate surface area is 173 Å². The Morgan fingerprint density at radius 2 is 1.90 bits per heavy atom. The van der Waals surface area contributed by atoms with Crippen LogP contribution in [0.1, 0.15) is 12.6 Å². The van der Waals surface area contributed by atoms with Crippen molar-refractivity contribution in [1.29, 1.82) is 0 Å². The molecule has 0 unspecified atom stereocenters. The number of imide groups is 1. The zero-order chi connectivity index (χ0) is 21.3. The third kappa shape index (κ3) is 3.50. The highest BCUT2D eigenvalue weighted by Gasteiger charge is 2.30. The number of β-amino-alcohol motifs (C(OH)–C–C–N with tert-alkyl or cyclic N) is 1. The first-order valence-electron chi connectivity index (χ1n) is 9.66. The summed E-state index contributed by atoms with van der Waals surface area (Å²) in [5.74, 6) is -0.878. The van der Waals surface area contributed by atoms with Crippen molar-refractivity contribution in [1.82, 2.24) is 24.5 Å². The number of nitrogens with one attached hydrogen (secondary N) is 1. The normalized spacial score (nSPS) is 13.8. The summed E-state index contributed by atoms with van der Waals surface area (Å²) < 4.78 is 3.70. The van der Waals surface area contributed by atoms with Crippen LogP contribution in [-0.2, 0) is 16.1 Å². The molecule has 1 aliphatic rings. The molecular weight excluding hydrogens is 384 g/mol. The minimum Gasteiger partial charge on any atom is -0.395 e. The summed E-state index contributed by atoms with van der Waals surface area (Å²) in [7, 11) is 0. The van der Waals surface area contributed by atoms with E-state index in [1.54, 1.807) is 4.68 Å². The van der Waals surface area contributed by atoms with Crippen molar-refractivity contribution < 1.29 is 14.7 Å². The number of aryl methyl sites for hydroxylation is 1. The summed E-state index contributed by atoms with van der Waals surface area (Å²) in [6, 6.07) is 9.30. The lowest BCUT2D eigenvalue weighted by atomic mass is 10.2. The van der Waals surface area contributed by atoms with Crippen LogP contribution in [0.4, 0.5) is 5.69 Å². The lowest BCUT2D eigenvalue weighted by Gasteiger charge is -2.13. The van der Waals surface area contributed by atoms with Crippen LogP contribution in [0.3, 0.4) is 0 Å². The SMILES string of the molecule is CCn1ncc(-c2ccn(-c3ccc(NC4=CC(=O)N(CCO)C4=O)cc3)n2)c1C. The van der Waals surface area contributed by atoms with Gasteiger partial charge in [-0.3, -0.25) is 19.2 Å². The van der Waals surface area contributed by atoms with Crippen molar-refractivity contribution in [2.75, 3.05) is 18.5 Å². The van der Waals surface area contributed by atoms with Gasteiger partial charge in [0.05, 0.1) is 30.7 Å². The molecule has 0 fully saturated rings. The molecular formula is C21H22N6O3. The number of aromatic nitrogens is 4. The molecule has 154 valence electrons. The van der Waals surface area contributed by atoms with E-state index in [0.717, 1.165) is 34.1 Å². The molecule has 9 nitrogen and oxygen atoms in total. The van der Waals surface area contributed by atoms with Gasteiger partial charge in [0.2, 0.25) is 0 Å². The Balaban J connectivity index is 1.49. The first kappa shape index (κ1) is 19.6. The minimum atomic E-state index is -0.446. The van der Waals surface area contributed by atoms with Gasteiger partial charge in [0.15, 0.2) is 0 Å². The van der Waals surface area contributed by atoms with Crippen LogP contribution in [0.2, 0.25) is 0 Å². The minimum absolute atomic E-state index is 0.0173. The van der Waals surface area contributed by atoms with Crippen LogP contribution >= 0.6 is 0 Å². The number of amides is 2. The van der Waals surface area contributed by atoms with E-state index in [0.29, 0.717) is 5.69 Å². The van der Waals surface area contributed by atoms with E-state index in [-0.39, 0.29) is 18.8 Å². The second kappa shape index (κ2) is 7.96. The summed E-state index contributed by atoms with van der Waals surface area (Å²) in [4.78, 5) is 25.1. The number of anilines is 1. The maximum atomic E-state index is 12.2. The Kier molecular flexibility index (Phi) is 5.20. The van der Waals surface area contributed by atoms with Crippen LogP contribution in [0, 0.1) is 6.92 Å². The Bertz CT molecular complexity index is 1130. The van der Waals surface area contributed by atoms with E-state index < -0.39 is 11.8 Å². The molecule has 0 saturated carbocycles. The third-order valence-electron chi connectivity index (χ3n) is 5.01. The van der Waals surface area contributed by atoms with Gasteiger partial charge in [0.25, 0.3) is 11.8 Å².